The van der Waals surface area contributed by atoms with Crippen LogP contribution in [0.1, 0.15) is 19.3 Å². The summed E-state index contributed by atoms with van der Waals surface area (Å²) in [7, 11) is 0. The number of halogens is 3. The number of amides is 2. The summed E-state index contributed by atoms with van der Waals surface area (Å²) in [5, 5.41) is 10.0. The Morgan fingerprint density at radius 1 is 1.21 bits per heavy atom. The average Bonchev–Trinajstić information content (AvgIpc) is 2.27. The van der Waals surface area contributed by atoms with Gasteiger partial charge in [-0.25, -0.2) is 9.80 Å². The van der Waals surface area contributed by atoms with Crippen molar-refractivity contribution in [1.29, 1.82) is 0 Å². The normalized spacial score (nSPS) is 17.0. The zero-order valence-electron chi connectivity index (χ0n) is 10.2. The number of carboxylic acid groups (broad SMARTS) is 1. The number of carboxylic acids is 1. The largest absolute Gasteiger partial charge is 0.480 e. The molecule has 0 saturated carbocycles. The number of alkyl halides is 3. The molecule has 0 aromatic carbocycles. The third-order valence-electron chi connectivity index (χ3n) is 2.59. The Morgan fingerprint density at radius 3 is 2.26 bits per heavy atom. The number of carbonyl (C=O) groups excluding carboxylic acids is 1. The van der Waals surface area contributed by atoms with Crippen molar-refractivity contribution in [1.82, 2.24) is 15.3 Å². The lowest BCUT2D eigenvalue weighted by Crippen LogP contribution is -2.53. The van der Waals surface area contributed by atoms with Crippen LogP contribution in [0.4, 0.5) is 18.0 Å². The Balaban J connectivity index is 2.56. The van der Waals surface area contributed by atoms with E-state index in [2.05, 4.69) is 5.43 Å². The van der Waals surface area contributed by atoms with E-state index in [1.54, 1.807) is 0 Å². The van der Waals surface area contributed by atoms with Gasteiger partial charge in [0.25, 0.3) is 0 Å². The van der Waals surface area contributed by atoms with E-state index >= 15 is 0 Å². The van der Waals surface area contributed by atoms with Gasteiger partial charge in [0.1, 0.15) is 13.1 Å². The summed E-state index contributed by atoms with van der Waals surface area (Å²) in [4.78, 5) is 22.4. The minimum absolute atomic E-state index is 0.233. The summed E-state index contributed by atoms with van der Waals surface area (Å²) in [5.74, 6) is -1.49. The molecule has 0 spiro atoms. The zero-order valence-corrected chi connectivity index (χ0v) is 10.2. The van der Waals surface area contributed by atoms with Gasteiger partial charge in [0.05, 0.1) is 0 Å². The lowest BCUT2D eigenvalue weighted by Gasteiger charge is -2.30. The van der Waals surface area contributed by atoms with Gasteiger partial charge in [-0.15, -0.1) is 0 Å². The van der Waals surface area contributed by atoms with Crippen LogP contribution in [-0.4, -0.2) is 59.4 Å². The van der Waals surface area contributed by atoms with Gasteiger partial charge >= 0.3 is 18.2 Å². The van der Waals surface area contributed by atoms with E-state index in [0.717, 1.165) is 19.3 Å². The van der Waals surface area contributed by atoms with Crippen LogP contribution >= 0.6 is 0 Å². The van der Waals surface area contributed by atoms with Crippen molar-refractivity contribution in [3.63, 3.8) is 0 Å². The van der Waals surface area contributed by atoms with Gasteiger partial charge < -0.3 is 10.0 Å². The molecule has 1 saturated heterocycles. The molecule has 110 valence electrons. The Hall–Kier alpha value is -1.51. The van der Waals surface area contributed by atoms with Crippen molar-refractivity contribution in [2.45, 2.75) is 25.4 Å². The molecule has 2 amide bonds. The van der Waals surface area contributed by atoms with Gasteiger partial charge in [-0.2, -0.15) is 13.2 Å². The van der Waals surface area contributed by atoms with Crippen LogP contribution in [0.2, 0.25) is 0 Å². The topological polar surface area (TPSA) is 72.9 Å². The number of rotatable bonds is 4. The van der Waals surface area contributed by atoms with Crippen LogP contribution in [0.25, 0.3) is 0 Å². The molecule has 0 aliphatic carbocycles. The van der Waals surface area contributed by atoms with Crippen LogP contribution in [0, 0.1) is 0 Å². The third kappa shape index (κ3) is 6.27. The first-order chi connectivity index (χ1) is 8.78. The molecular formula is C10H16F3N3O3. The van der Waals surface area contributed by atoms with Crippen LogP contribution < -0.4 is 5.43 Å². The highest BCUT2D eigenvalue weighted by Gasteiger charge is 2.34. The molecule has 0 bridgehead atoms. The van der Waals surface area contributed by atoms with E-state index in [-0.39, 0.29) is 4.90 Å². The summed E-state index contributed by atoms with van der Waals surface area (Å²) < 4.78 is 36.8. The van der Waals surface area contributed by atoms with Crippen LogP contribution in [-0.2, 0) is 4.79 Å². The molecule has 1 aliphatic heterocycles. The maximum Gasteiger partial charge on any atom is 0.406 e. The molecular weight excluding hydrogens is 267 g/mol. The van der Waals surface area contributed by atoms with Crippen molar-refractivity contribution in [2.75, 3.05) is 26.2 Å². The highest BCUT2D eigenvalue weighted by Crippen LogP contribution is 2.16. The Kier molecular flexibility index (Phi) is 5.40. The number of nitrogens with one attached hydrogen (secondary N) is 1. The fourth-order valence-electron chi connectivity index (χ4n) is 1.79. The molecule has 1 aliphatic rings. The monoisotopic (exact) mass is 283 g/mol. The molecule has 0 aromatic heterocycles. The number of urea groups is 1. The fourth-order valence-corrected chi connectivity index (χ4v) is 1.79. The standard InChI is InChI=1S/C10H16F3N3O3/c11-10(12,13)7-15(6-8(17)18)9(19)14-16-4-2-1-3-5-16/h1-7H2,(H,14,19)(H,17,18). The second-order valence-corrected chi connectivity index (χ2v) is 4.33. The van der Waals surface area contributed by atoms with Gasteiger partial charge in [-0.05, 0) is 12.8 Å². The maximum absolute atomic E-state index is 12.3. The van der Waals surface area contributed by atoms with Crippen molar-refractivity contribution >= 4 is 12.0 Å². The molecule has 9 heteroatoms. The van der Waals surface area contributed by atoms with E-state index in [4.69, 9.17) is 5.11 Å². The van der Waals surface area contributed by atoms with Gasteiger partial charge in [0, 0.05) is 13.1 Å². The lowest BCUT2D eigenvalue weighted by atomic mass is 10.2. The van der Waals surface area contributed by atoms with E-state index in [1.165, 1.54) is 5.01 Å². The number of hydrogen-bond acceptors (Lipinski definition) is 3. The summed E-state index contributed by atoms with van der Waals surface area (Å²) in [6, 6.07) is -1.04. The maximum atomic E-state index is 12.3. The van der Waals surface area contributed by atoms with Crippen molar-refractivity contribution < 1.29 is 27.9 Å². The summed E-state index contributed by atoms with van der Waals surface area (Å²) in [5.41, 5.74) is 2.30. The number of hydrogen-bond donors (Lipinski definition) is 2. The smallest absolute Gasteiger partial charge is 0.406 e. The van der Waals surface area contributed by atoms with Crippen molar-refractivity contribution in [3.8, 4) is 0 Å². The third-order valence-corrected chi connectivity index (χ3v) is 2.59. The first kappa shape index (κ1) is 15.5. The predicted octanol–water partition coefficient (Wildman–Crippen LogP) is 1.05. The molecule has 2 N–H and O–H groups in total. The van der Waals surface area contributed by atoms with Crippen molar-refractivity contribution in [2.24, 2.45) is 0 Å². The number of hydrazine groups is 1. The van der Waals surface area contributed by atoms with Crippen LogP contribution in [0.15, 0.2) is 0 Å². The lowest BCUT2D eigenvalue weighted by molar-refractivity contribution is -0.149. The Bertz CT molecular complexity index is 330. The molecule has 1 heterocycles. The number of nitrogens with zero attached hydrogens (tertiary/aromatic N) is 2. The minimum atomic E-state index is -4.63. The first-order valence-corrected chi connectivity index (χ1v) is 5.87. The van der Waals surface area contributed by atoms with Gasteiger partial charge in [0.15, 0.2) is 0 Å². The second-order valence-electron chi connectivity index (χ2n) is 4.33. The van der Waals surface area contributed by atoms with Crippen LogP contribution in [0.5, 0.6) is 0 Å². The van der Waals surface area contributed by atoms with Crippen molar-refractivity contribution in [3.05, 3.63) is 0 Å². The van der Waals surface area contributed by atoms with Gasteiger partial charge in [-0.1, -0.05) is 6.42 Å². The molecule has 1 fully saturated rings. The SMILES string of the molecule is O=C(O)CN(CC(F)(F)F)C(=O)NN1CCCCC1. The number of aliphatic carboxylic acids is 1. The van der Waals surface area contributed by atoms with E-state index < -0.39 is 31.3 Å². The molecule has 0 atom stereocenters. The molecule has 1 rings (SSSR count). The highest BCUT2D eigenvalue weighted by molar-refractivity contribution is 5.79. The Morgan fingerprint density at radius 2 is 1.79 bits per heavy atom. The second kappa shape index (κ2) is 6.60. The molecule has 0 unspecified atom stereocenters. The molecule has 0 radical (unpaired) electrons. The van der Waals surface area contributed by atoms with E-state index in [0.29, 0.717) is 13.1 Å². The van der Waals surface area contributed by atoms with Gasteiger partial charge in [-0.3, -0.25) is 10.2 Å². The first-order valence-electron chi connectivity index (χ1n) is 5.87. The minimum Gasteiger partial charge on any atom is -0.480 e. The average molecular weight is 283 g/mol. The fraction of sp³-hybridized carbons (Fsp3) is 0.800. The zero-order chi connectivity index (χ0) is 14.5. The summed E-state index contributed by atoms with van der Waals surface area (Å²) in [6.07, 6.45) is -1.93. The molecule has 0 aromatic rings. The van der Waals surface area contributed by atoms with E-state index in [1.807, 2.05) is 0 Å². The summed E-state index contributed by atoms with van der Waals surface area (Å²) in [6.45, 7) is -1.46. The molecule has 6 nitrogen and oxygen atoms in total. The summed E-state index contributed by atoms with van der Waals surface area (Å²) >= 11 is 0. The molecule has 19 heavy (non-hydrogen) atoms. The predicted molar refractivity (Wildman–Crippen MR) is 59.2 cm³/mol. The van der Waals surface area contributed by atoms with Gasteiger partial charge in [0.2, 0.25) is 0 Å². The van der Waals surface area contributed by atoms with E-state index in [9.17, 15) is 22.8 Å². The Labute approximate surface area is 108 Å². The number of carbonyl (C=O) groups is 2. The quantitative estimate of drug-likeness (QED) is 0.808. The number of piperidine rings is 1. The van der Waals surface area contributed by atoms with Crippen LogP contribution in [0.3, 0.4) is 0 Å². The highest BCUT2D eigenvalue weighted by atomic mass is 19.4.